The standard InChI is InChI=1S/C22H27N5O2/c1-22(2,3)18-7-5-6-8-19(18)25-21-26-20(15-24-27-21)23-13-14-29-17-11-9-16(28-4)10-12-17/h5-12,15H,13-14H2,1-4H3,(H2,23,25,26,27). The zero-order chi connectivity index (χ0) is 20.7. The maximum Gasteiger partial charge on any atom is 0.249 e. The highest BCUT2D eigenvalue weighted by molar-refractivity contribution is 5.60. The SMILES string of the molecule is COc1ccc(OCCNc2cnnc(Nc3ccccc3C(C)(C)C)n2)cc1. The molecular formula is C22H27N5O2. The number of para-hydroxylation sites is 1. The number of methoxy groups -OCH3 is 1. The fourth-order valence-corrected chi connectivity index (χ4v) is 2.83. The van der Waals surface area contributed by atoms with E-state index < -0.39 is 0 Å². The van der Waals surface area contributed by atoms with Gasteiger partial charge in [0, 0.05) is 5.69 Å². The third-order valence-electron chi connectivity index (χ3n) is 4.28. The molecule has 1 heterocycles. The quantitative estimate of drug-likeness (QED) is 0.549. The van der Waals surface area contributed by atoms with E-state index >= 15 is 0 Å². The van der Waals surface area contributed by atoms with Crippen molar-refractivity contribution in [2.75, 3.05) is 30.9 Å². The highest BCUT2D eigenvalue weighted by atomic mass is 16.5. The van der Waals surface area contributed by atoms with Crippen molar-refractivity contribution in [3.63, 3.8) is 0 Å². The third kappa shape index (κ3) is 5.81. The van der Waals surface area contributed by atoms with Gasteiger partial charge < -0.3 is 20.1 Å². The molecular weight excluding hydrogens is 366 g/mol. The van der Waals surface area contributed by atoms with E-state index in [1.165, 1.54) is 5.56 Å². The first-order valence-corrected chi connectivity index (χ1v) is 9.53. The Morgan fingerprint density at radius 1 is 0.966 bits per heavy atom. The second kappa shape index (κ2) is 9.23. The molecule has 0 aliphatic carbocycles. The number of aromatic nitrogens is 3. The van der Waals surface area contributed by atoms with Gasteiger partial charge in [-0.15, -0.1) is 5.10 Å². The molecule has 0 bridgehead atoms. The first-order valence-electron chi connectivity index (χ1n) is 9.53. The summed E-state index contributed by atoms with van der Waals surface area (Å²) >= 11 is 0. The van der Waals surface area contributed by atoms with Crippen molar-refractivity contribution in [1.29, 1.82) is 0 Å². The van der Waals surface area contributed by atoms with Crippen LogP contribution < -0.4 is 20.1 Å². The lowest BCUT2D eigenvalue weighted by Crippen LogP contribution is -2.15. The Kier molecular flexibility index (Phi) is 6.49. The van der Waals surface area contributed by atoms with Crippen molar-refractivity contribution < 1.29 is 9.47 Å². The fraction of sp³-hybridized carbons (Fsp3) is 0.318. The van der Waals surface area contributed by atoms with Gasteiger partial charge in [0.1, 0.15) is 18.1 Å². The van der Waals surface area contributed by atoms with Gasteiger partial charge >= 0.3 is 0 Å². The number of nitrogens with one attached hydrogen (secondary N) is 2. The van der Waals surface area contributed by atoms with E-state index in [0.717, 1.165) is 17.2 Å². The molecule has 29 heavy (non-hydrogen) atoms. The van der Waals surface area contributed by atoms with E-state index in [0.29, 0.717) is 24.9 Å². The Morgan fingerprint density at radius 3 is 2.41 bits per heavy atom. The molecule has 0 radical (unpaired) electrons. The lowest BCUT2D eigenvalue weighted by atomic mass is 9.86. The Bertz CT molecular complexity index is 923. The molecule has 1 aromatic heterocycles. The summed E-state index contributed by atoms with van der Waals surface area (Å²) < 4.78 is 10.8. The summed E-state index contributed by atoms with van der Waals surface area (Å²) in [6, 6.07) is 15.6. The molecule has 0 amide bonds. The van der Waals surface area contributed by atoms with Gasteiger partial charge in [0.15, 0.2) is 5.82 Å². The van der Waals surface area contributed by atoms with E-state index in [9.17, 15) is 0 Å². The van der Waals surface area contributed by atoms with E-state index in [-0.39, 0.29) is 5.41 Å². The number of ether oxygens (including phenoxy) is 2. The van der Waals surface area contributed by atoms with Crippen molar-refractivity contribution in [1.82, 2.24) is 15.2 Å². The summed E-state index contributed by atoms with van der Waals surface area (Å²) in [5.41, 5.74) is 2.17. The highest BCUT2D eigenvalue weighted by Crippen LogP contribution is 2.30. The fourth-order valence-electron chi connectivity index (χ4n) is 2.83. The summed E-state index contributed by atoms with van der Waals surface area (Å²) in [5.74, 6) is 2.67. The molecule has 0 aliphatic rings. The molecule has 0 atom stereocenters. The lowest BCUT2D eigenvalue weighted by molar-refractivity contribution is 0.331. The Balaban J connectivity index is 1.56. The number of anilines is 3. The van der Waals surface area contributed by atoms with Gasteiger partial charge in [-0.1, -0.05) is 39.0 Å². The molecule has 0 spiro atoms. The molecule has 7 nitrogen and oxygen atoms in total. The van der Waals surface area contributed by atoms with Crippen LogP contribution in [0.2, 0.25) is 0 Å². The van der Waals surface area contributed by atoms with Crippen LogP contribution in [0.3, 0.4) is 0 Å². The Labute approximate surface area is 171 Å². The van der Waals surface area contributed by atoms with Crippen molar-refractivity contribution in [3.05, 3.63) is 60.3 Å². The van der Waals surface area contributed by atoms with Crippen molar-refractivity contribution in [2.24, 2.45) is 0 Å². The van der Waals surface area contributed by atoms with Gasteiger partial charge in [0.25, 0.3) is 0 Å². The zero-order valence-electron chi connectivity index (χ0n) is 17.3. The Morgan fingerprint density at radius 2 is 1.69 bits per heavy atom. The second-order valence-electron chi connectivity index (χ2n) is 7.54. The van der Waals surface area contributed by atoms with Crippen LogP contribution in [0.25, 0.3) is 0 Å². The molecule has 0 saturated heterocycles. The summed E-state index contributed by atoms with van der Waals surface area (Å²) in [7, 11) is 1.64. The normalized spacial score (nSPS) is 11.0. The van der Waals surface area contributed by atoms with Crippen LogP contribution in [-0.2, 0) is 5.41 Å². The van der Waals surface area contributed by atoms with E-state index in [2.05, 4.69) is 52.7 Å². The number of hydrogen-bond acceptors (Lipinski definition) is 7. The number of rotatable bonds is 8. The summed E-state index contributed by atoms with van der Waals surface area (Å²) in [6.07, 6.45) is 1.59. The molecule has 3 aromatic rings. The minimum atomic E-state index is 0.00563. The third-order valence-corrected chi connectivity index (χ3v) is 4.28. The molecule has 0 fully saturated rings. The Hall–Kier alpha value is -3.35. The van der Waals surface area contributed by atoms with Gasteiger partial charge in [0.2, 0.25) is 5.95 Å². The van der Waals surface area contributed by atoms with Crippen LogP contribution in [0.5, 0.6) is 11.5 Å². The minimum absolute atomic E-state index is 0.00563. The lowest BCUT2D eigenvalue weighted by Gasteiger charge is -2.22. The smallest absolute Gasteiger partial charge is 0.249 e. The molecule has 152 valence electrons. The predicted octanol–water partition coefficient (Wildman–Crippen LogP) is 4.41. The monoisotopic (exact) mass is 393 g/mol. The van der Waals surface area contributed by atoms with E-state index in [4.69, 9.17) is 9.47 Å². The van der Waals surface area contributed by atoms with Gasteiger partial charge in [-0.3, -0.25) is 0 Å². The minimum Gasteiger partial charge on any atom is -0.497 e. The number of nitrogens with zero attached hydrogens (tertiary/aromatic N) is 3. The average Bonchev–Trinajstić information content (AvgIpc) is 2.72. The largest absolute Gasteiger partial charge is 0.497 e. The summed E-state index contributed by atoms with van der Waals surface area (Å²) in [4.78, 5) is 4.49. The van der Waals surface area contributed by atoms with Gasteiger partial charge in [-0.25, -0.2) is 0 Å². The number of benzene rings is 2. The summed E-state index contributed by atoms with van der Waals surface area (Å²) in [5, 5.41) is 14.6. The molecule has 2 N–H and O–H groups in total. The van der Waals surface area contributed by atoms with Crippen LogP contribution in [0.15, 0.2) is 54.7 Å². The maximum absolute atomic E-state index is 5.71. The first-order chi connectivity index (χ1) is 14.0. The summed E-state index contributed by atoms with van der Waals surface area (Å²) in [6.45, 7) is 7.60. The van der Waals surface area contributed by atoms with Crippen LogP contribution in [-0.4, -0.2) is 35.4 Å². The molecule has 0 saturated carbocycles. The average molecular weight is 393 g/mol. The molecule has 3 rings (SSSR count). The van der Waals surface area contributed by atoms with Crippen LogP contribution in [0.4, 0.5) is 17.5 Å². The topological polar surface area (TPSA) is 81.2 Å². The van der Waals surface area contributed by atoms with Crippen LogP contribution in [0.1, 0.15) is 26.3 Å². The van der Waals surface area contributed by atoms with Crippen molar-refractivity contribution in [2.45, 2.75) is 26.2 Å². The molecule has 0 aliphatic heterocycles. The zero-order valence-corrected chi connectivity index (χ0v) is 17.3. The van der Waals surface area contributed by atoms with Crippen LogP contribution >= 0.6 is 0 Å². The first kappa shape index (κ1) is 20.4. The predicted molar refractivity (Wildman–Crippen MR) is 115 cm³/mol. The van der Waals surface area contributed by atoms with Gasteiger partial charge in [-0.2, -0.15) is 10.1 Å². The molecule has 2 aromatic carbocycles. The molecule has 0 unspecified atom stereocenters. The van der Waals surface area contributed by atoms with Gasteiger partial charge in [-0.05, 0) is 41.3 Å². The second-order valence-corrected chi connectivity index (χ2v) is 7.54. The molecule has 7 heteroatoms. The van der Waals surface area contributed by atoms with E-state index in [1.54, 1.807) is 13.3 Å². The van der Waals surface area contributed by atoms with Crippen molar-refractivity contribution >= 4 is 17.5 Å². The van der Waals surface area contributed by atoms with Crippen LogP contribution in [0, 0.1) is 0 Å². The van der Waals surface area contributed by atoms with E-state index in [1.807, 2.05) is 42.5 Å². The maximum atomic E-state index is 5.71. The highest BCUT2D eigenvalue weighted by Gasteiger charge is 2.18. The number of hydrogen-bond donors (Lipinski definition) is 2. The van der Waals surface area contributed by atoms with Gasteiger partial charge in [0.05, 0.1) is 19.9 Å². The van der Waals surface area contributed by atoms with Crippen molar-refractivity contribution in [3.8, 4) is 11.5 Å².